The first-order chi connectivity index (χ1) is 5.20. The minimum Gasteiger partial charge on any atom is -0.463 e. The third kappa shape index (κ3) is 5.79. The van der Waals surface area contributed by atoms with E-state index in [1.807, 2.05) is 6.92 Å². The van der Waals surface area contributed by atoms with Crippen molar-refractivity contribution >= 4 is 17.7 Å². The lowest BCUT2D eigenvalue weighted by atomic mass is 10.6. The number of ether oxygens (including phenoxy) is 1. The fourth-order valence-corrected chi connectivity index (χ4v) is 1.02. The van der Waals surface area contributed by atoms with Gasteiger partial charge in [-0.25, -0.2) is 4.79 Å². The molecule has 0 aliphatic carbocycles. The first kappa shape index (κ1) is 10.4. The lowest BCUT2D eigenvalue weighted by Gasteiger charge is -1.98. The molecule has 0 rings (SSSR count). The predicted octanol–water partition coefficient (Wildman–Crippen LogP) is 1.10. The number of thioether (sulfide) groups is 1. The molecule has 0 aromatic rings. The molecule has 0 amide bonds. The van der Waals surface area contributed by atoms with Gasteiger partial charge in [-0.2, -0.15) is 0 Å². The third-order valence-corrected chi connectivity index (χ3v) is 1.60. The van der Waals surface area contributed by atoms with Crippen molar-refractivity contribution < 1.29 is 9.53 Å². The first-order valence-corrected chi connectivity index (χ1v) is 4.46. The molecule has 0 radical (unpaired) electrons. The van der Waals surface area contributed by atoms with Crippen LogP contribution in [0.5, 0.6) is 0 Å². The average molecular weight is 175 g/mol. The standard InChI is InChI=1S/C7H13NO2S/c1-3-10-7(9)5-6(8)11-4-2/h5H,3-4,8H2,1-2H3. The molecule has 11 heavy (non-hydrogen) atoms. The van der Waals surface area contributed by atoms with Crippen LogP contribution in [0.3, 0.4) is 0 Å². The lowest BCUT2D eigenvalue weighted by Crippen LogP contribution is -2.03. The zero-order valence-electron chi connectivity index (χ0n) is 6.79. The normalized spacial score (nSPS) is 11.3. The number of hydrogen-bond acceptors (Lipinski definition) is 4. The van der Waals surface area contributed by atoms with Gasteiger partial charge in [-0.3, -0.25) is 0 Å². The highest BCUT2D eigenvalue weighted by atomic mass is 32.2. The molecular formula is C7H13NO2S. The molecule has 0 fully saturated rings. The SMILES string of the molecule is CCOC(=O)C=C(N)SCC. The molecule has 0 heterocycles. The molecule has 0 saturated heterocycles. The van der Waals surface area contributed by atoms with Crippen molar-refractivity contribution in [2.45, 2.75) is 13.8 Å². The minimum absolute atomic E-state index is 0.369. The highest BCUT2D eigenvalue weighted by molar-refractivity contribution is 8.02. The summed E-state index contributed by atoms with van der Waals surface area (Å²) in [6.45, 7) is 4.12. The lowest BCUT2D eigenvalue weighted by molar-refractivity contribution is -0.137. The van der Waals surface area contributed by atoms with Crippen LogP contribution in [0.2, 0.25) is 0 Å². The van der Waals surface area contributed by atoms with Crippen molar-refractivity contribution in [3.05, 3.63) is 11.1 Å². The van der Waals surface area contributed by atoms with Crippen LogP contribution in [0.4, 0.5) is 0 Å². The summed E-state index contributed by atoms with van der Waals surface area (Å²) in [5, 5.41) is 0.506. The van der Waals surface area contributed by atoms with Gasteiger partial charge >= 0.3 is 5.97 Å². The van der Waals surface area contributed by atoms with Gasteiger partial charge in [0, 0.05) is 0 Å². The zero-order chi connectivity index (χ0) is 8.69. The predicted molar refractivity (Wildman–Crippen MR) is 47.0 cm³/mol. The molecule has 3 nitrogen and oxygen atoms in total. The molecule has 0 aliphatic heterocycles. The topological polar surface area (TPSA) is 52.3 Å². The van der Waals surface area contributed by atoms with E-state index >= 15 is 0 Å². The number of carbonyl (C=O) groups excluding carboxylic acids is 1. The maximum atomic E-state index is 10.7. The summed E-state index contributed by atoms with van der Waals surface area (Å²) in [5.41, 5.74) is 5.44. The number of carbonyl (C=O) groups is 1. The highest BCUT2D eigenvalue weighted by Crippen LogP contribution is 2.07. The van der Waals surface area contributed by atoms with E-state index in [0.717, 1.165) is 5.75 Å². The van der Waals surface area contributed by atoms with Gasteiger partial charge in [0.2, 0.25) is 0 Å². The van der Waals surface area contributed by atoms with E-state index in [9.17, 15) is 4.79 Å². The Balaban J connectivity index is 3.76. The Labute approximate surface area is 71.0 Å². The fraction of sp³-hybridized carbons (Fsp3) is 0.571. The van der Waals surface area contributed by atoms with Crippen LogP contribution >= 0.6 is 11.8 Å². The van der Waals surface area contributed by atoms with Gasteiger partial charge in [-0.15, -0.1) is 11.8 Å². The van der Waals surface area contributed by atoms with Gasteiger partial charge in [-0.1, -0.05) is 6.92 Å². The maximum absolute atomic E-state index is 10.7. The Morgan fingerprint density at radius 1 is 1.64 bits per heavy atom. The second-order valence-corrected chi connectivity index (χ2v) is 3.07. The molecule has 0 unspecified atom stereocenters. The van der Waals surface area contributed by atoms with Crippen LogP contribution in [-0.2, 0) is 9.53 Å². The number of nitrogens with two attached hydrogens (primary N) is 1. The summed E-state index contributed by atoms with van der Waals surface area (Å²) in [7, 11) is 0. The third-order valence-electron chi connectivity index (χ3n) is 0.858. The Kier molecular flexibility index (Phi) is 5.74. The molecule has 0 aromatic heterocycles. The zero-order valence-corrected chi connectivity index (χ0v) is 7.61. The van der Waals surface area contributed by atoms with Gasteiger partial charge in [0.05, 0.1) is 17.7 Å². The second-order valence-electron chi connectivity index (χ2n) is 1.73. The molecule has 0 bridgehead atoms. The minimum atomic E-state index is -0.369. The molecule has 0 aliphatic rings. The number of hydrogen-bond donors (Lipinski definition) is 1. The second kappa shape index (κ2) is 6.09. The summed E-state index contributed by atoms with van der Waals surface area (Å²) in [6.07, 6.45) is 1.30. The van der Waals surface area contributed by atoms with E-state index in [1.165, 1.54) is 17.8 Å². The summed E-state index contributed by atoms with van der Waals surface area (Å²) in [4.78, 5) is 10.7. The van der Waals surface area contributed by atoms with Crippen LogP contribution in [0.1, 0.15) is 13.8 Å². The Bertz CT molecular complexity index is 157. The first-order valence-electron chi connectivity index (χ1n) is 3.47. The quantitative estimate of drug-likeness (QED) is 0.513. The van der Waals surface area contributed by atoms with Crippen molar-refractivity contribution in [2.24, 2.45) is 5.73 Å². The fourth-order valence-electron chi connectivity index (χ4n) is 0.508. The molecule has 0 atom stereocenters. The molecule has 0 aromatic carbocycles. The molecule has 64 valence electrons. The monoisotopic (exact) mass is 175 g/mol. The summed E-state index contributed by atoms with van der Waals surface area (Å²) in [6, 6.07) is 0. The van der Waals surface area contributed by atoms with E-state index in [0.29, 0.717) is 11.6 Å². The van der Waals surface area contributed by atoms with E-state index < -0.39 is 0 Å². The van der Waals surface area contributed by atoms with Crippen LogP contribution < -0.4 is 5.73 Å². The smallest absolute Gasteiger partial charge is 0.333 e. The van der Waals surface area contributed by atoms with Crippen molar-refractivity contribution in [1.29, 1.82) is 0 Å². The van der Waals surface area contributed by atoms with Gasteiger partial charge < -0.3 is 10.5 Å². The highest BCUT2D eigenvalue weighted by Gasteiger charge is 1.97. The Morgan fingerprint density at radius 3 is 2.73 bits per heavy atom. The largest absolute Gasteiger partial charge is 0.463 e. The van der Waals surface area contributed by atoms with Crippen molar-refractivity contribution in [3.63, 3.8) is 0 Å². The molecular weight excluding hydrogens is 162 g/mol. The summed E-state index contributed by atoms with van der Waals surface area (Å²) < 4.78 is 4.65. The molecule has 0 saturated carbocycles. The van der Waals surface area contributed by atoms with Crippen LogP contribution in [0, 0.1) is 0 Å². The maximum Gasteiger partial charge on any atom is 0.333 e. The van der Waals surface area contributed by atoms with Crippen LogP contribution in [0.25, 0.3) is 0 Å². The van der Waals surface area contributed by atoms with Crippen molar-refractivity contribution in [1.82, 2.24) is 0 Å². The molecule has 0 spiro atoms. The summed E-state index contributed by atoms with van der Waals surface area (Å²) in [5.74, 6) is 0.493. The van der Waals surface area contributed by atoms with E-state index in [4.69, 9.17) is 5.73 Å². The van der Waals surface area contributed by atoms with Gasteiger partial charge in [-0.05, 0) is 12.7 Å². The average Bonchev–Trinajstić information content (AvgIpc) is 1.87. The van der Waals surface area contributed by atoms with Gasteiger partial charge in [0.1, 0.15) is 0 Å². The molecule has 4 heteroatoms. The van der Waals surface area contributed by atoms with Gasteiger partial charge in [0.15, 0.2) is 0 Å². The number of esters is 1. The Hall–Kier alpha value is -0.640. The van der Waals surface area contributed by atoms with E-state index in [1.54, 1.807) is 6.92 Å². The molecule has 2 N–H and O–H groups in total. The van der Waals surface area contributed by atoms with E-state index in [-0.39, 0.29) is 5.97 Å². The summed E-state index contributed by atoms with van der Waals surface area (Å²) >= 11 is 1.42. The van der Waals surface area contributed by atoms with Crippen molar-refractivity contribution in [3.8, 4) is 0 Å². The van der Waals surface area contributed by atoms with Crippen LogP contribution in [0.15, 0.2) is 11.1 Å². The Morgan fingerprint density at radius 2 is 2.27 bits per heavy atom. The van der Waals surface area contributed by atoms with Crippen LogP contribution in [-0.4, -0.2) is 18.3 Å². The van der Waals surface area contributed by atoms with Crippen molar-refractivity contribution in [2.75, 3.05) is 12.4 Å². The van der Waals surface area contributed by atoms with Gasteiger partial charge in [0.25, 0.3) is 0 Å². The van der Waals surface area contributed by atoms with E-state index in [2.05, 4.69) is 4.74 Å². The number of rotatable bonds is 4.